The molecule has 0 bridgehead atoms. The van der Waals surface area contributed by atoms with Gasteiger partial charge in [0.1, 0.15) is 11.0 Å². The summed E-state index contributed by atoms with van der Waals surface area (Å²) in [6.07, 6.45) is 2.94. The van der Waals surface area contributed by atoms with Crippen LogP contribution in [0.3, 0.4) is 0 Å². The van der Waals surface area contributed by atoms with Crippen LogP contribution in [-0.2, 0) is 0 Å². The van der Waals surface area contributed by atoms with Gasteiger partial charge in [0.05, 0.1) is 0 Å². The van der Waals surface area contributed by atoms with Crippen molar-refractivity contribution in [2.45, 2.75) is 52.5 Å². The molecule has 0 radical (unpaired) electrons. The summed E-state index contributed by atoms with van der Waals surface area (Å²) in [5.74, 6) is 0.519. The molecule has 0 aliphatic carbocycles. The highest BCUT2D eigenvalue weighted by molar-refractivity contribution is 6.29. The molecule has 0 fully saturated rings. The zero-order chi connectivity index (χ0) is 15.2. The number of carbonyl (C=O) groups is 1. The second-order valence-corrected chi connectivity index (χ2v) is 5.97. The van der Waals surface area contributed by atoms with E-state index in [0.29, 0.717) is 16.5 Å². The van der Waals surface area contributed by atoms with Crippen molar-refractivity contribution in [2.75, 3.05) is 11.9 Å². The summed E-state index contributed by atoms with van der Waals surface area (Å²) < 4.78 is 0. The molecule has 4 nitrogen and oxygen atoms in total. The van der Waals surface area contributed by atoms with Crippen LogP contribution < -0.4 is 10.6 Å². The van der Waals surface area contributed by atoms with E-state index in [0.717, 1.165) is 25.8 Å². The molecule has 1 amide bonds. The molecular weight excluding hydrogens is 274 g/mol. The van der Waals surface area contributed by atoms with Crippen molar-refractivity contribution in [1.29, 1.82) is 0 Å². The Morgan fingerprint density at radius 3 is 2.60 bits per heavy atom. The highest BCUT2D eigenvalue weighted by atomic mass is 35.5. The summed E-state index contributed by atoms with van der Waals surface area (Å²) in [5.41, 5.74) is 0.311. The summed E-state index contributed by atoms with van der Waals surface area (Å²) >= 11 is 5.97. The maximum atomic E-state index is 12.3. The van der Waals surface area contributed by atoms with Gasteiger partial charge < -0.3 is 10.6 Å². The number of rotatable bonds is 7. The molecular formula is C15H24ClN3O. The Morgan fingerprint density at radius 2 is 2.00 bits per heavy atom. The lowest BCUT2D eigenvalue weighted by molar-refractivity contribution is 0.0909. The Labute approximate surface area is 126 Å². The quantitative estimate of drug-likeness (QED) is 0.751. The number of carbonyl (C=O) groups excluding carboxylic acids is 1. The summed E-state index contributed by atoms with van der Waals surface area (Å²) in [7, 11) is 0. The van der Waals surface area contributed by atoms with E-state index in [1.807, 2.05) is 13.8 Å². The molecule has 0 spiro atoms. The largest absolute Gasteiger partial charge is 0.370 e. The van der Waals surface area contributed by atoms with Crippen LogP contribution in [0.15, 0.2) is 12.1 Å². The summed E-state index contributed by atoms with van der Waals surface area (Å²) in [5, 5.41) is 6.50. The van der Waals surface area contributed by atoms with Gasteiger partial charge in [-0.15, -0.1) is 0 Å². The predicted molar refractivity (Wildman–Crippen MR) is 84.5 cm³/mol. The fourth-order valence-electron chi connectivity index (χ4n) is 2.04. The molecule has 2 N–H and O–H groups in total. The topological polar surface area (TPSA) is 54.0 Å². The SMILES string of the molecule is CCCNc1cc(C(=O)NC(C)(C)CCC)cc(Cl)n1. The molecule has 0 atom stereocenters. The first kappa shape index (κ1) is 16.8. The smallest absolute Gasteiger partial charge is 0.251 e. The molecule has 1 rings (SSSR count). The third kappa shape index (κ3) is 5.37. The highest BCUT2D eigenvalue weighted by Gasteiger charge is 2.20. The van der Waals surface area contributed by atoms with Crippen LogP contribution in [0, 0.1) is 0 Å². The number of anilines is 1. The molecule has 1 heterocycles. The van der Waals surface area contributed by atoms with E-state index in [-0.39, 0.29) is 11.4 Å². The van der Waals surface area contributed by atoms with Crippen LogP contribution in [0.1, 0.15) is 57.3 Å². The van der Waals surface area contributed by atoms with Crippen molar-refractivity contribution in [3.63, 3.8) is 0 Å². The molecule has 0 aliphatic rings. The number of halogens is 1. The van der Waals surface area contributed by atoms with Crippen molar-refractivity contribution in [2.24, 2.45) is 0 Å². The fourth-order valence-corrected chi connectivity index (χ4v) is 2.25. The summed E-state index contributed by atoms with van der Waals surface area (Å²) in [6.45, 7) is 9.01. The molecule has 1 aromatic rings. The number of hydrogen-bond donors (Lipinski definition) is 2. The van der Waals surface area contributed by atoms with Gasteiger partial charge in [0, 0.05) is 17.6 Å². The van der Waals surface area contributed by atoms with Crippen LogP contribution in [0.25, 0.3) is 0 Å². The van der Waals surface area contributed by atoms with E-state index in [1.165, 1.54) is 0 Å². The minimum Gasteiger partial charge on any atom is -0.370 e. The van der Waals surface area contributed by atoms with E-state index < -0.39 is 0 Å². The Morgan fingerprint density at radius 1 is 1.30 bits per heavy atom. The maximum Gasteiger partial charge on any atom is 0.251 e. The first-order valence-electron chi connectivity index (χ1n) is 7.12. The van der Waals surface area contributed by atoms with E-state index >= 15 is 0 Å². The number of hydrogen-bond acceptors (Lipinski definition) is 3. The standard InChI is InChI=1S/C15H24ClN3O/c1-5-7-15(3,4)19-14(20)11-9-12(16)18-13(10-11)17-8-6-2/h9-10H,5-8H2,1-4H3,(H,17,18)(H,19,20). The van der Waals surface area contributed by atoms with Gasteiger partial charge in [0.15, 0.2) is 0 Å². The maximum absolute atomic E-state index is 12.3. The summed E-state index contributed by atoms with van der Waals surface area (Å²) in [6, 6.07) is 3.33. The van der Waals surface area contributed by atoms with Crippen molar-refractivity contribution in [1.82, 2.24) is 10.3 Å². The molecule has 1 aromatic heterocycles. The molecule has 5 heteroatoms. The van der Waals surface area contributed by atoms with E-state index in [2.05, 4.69) is 29.5 Å². The zero-order valence-electron chi connectivity index (χ0n) is 12.7. The van der Waals surface area contributed by atoms with Crippen LogP contribution >= 0.6 is 11.6 Å². The van der Waals surface area contributed by atoms with Crippen molar-refractivity contribution in [3.05, 3.63) is 22.8 Å². The van der Waals surface area contributed by atoms with Gasteiger partial charge >= 0.3 is 0 Å². The Hall–Kier alpha value is -1.29. The van der Waals surface area contributed by atoms with E-state index in [4.69, 9.17) is 11.6 Å². The molecule has 0 saturated heterocycles. The van der Waals surface area contributed by atoms with Gasteiger partial charge in [-0.25, -0.2) is 4.98 Å². The average Bonchev–Trinajstić information content (AvgIpc) is 2.35. The second-order valence-electron chi connectivity index (χ2n) is 5.58. The fraction of sp³-hybridized carbons (Fsp3) is 0.600. The Bertz CT molecular complexity index is 460. The highest BCUT2D eigenvalue weighted by Crippen LogP contribution is 2.17. The average molecular weight is 298 g/mol. The van der Waals surface area contributed by atoms with Gasteiger partial charge in [0.25, 0.3) is 5.91 Å². The molecule has 20 heavy (non-hydrogen) atoms. The van der Waals surface area contributed by atoms with Gasteiger partial charge in [0.2, 0.25) is 0 Å². The van der Waals surface area contributed by atoms with Crippen molar-refractivity contribution < 1.29 is 4.79 Å². The van der Waals surface area contributed by atoms with Crippen molar-refractivity contribution >= 4 is 23.3 Å². The minimum absolute atomic E-state index is 0.118. The second kappa shape index (κ2) is 7.48. The first-order valence-corrected chi connectivity index (χ1v) is 7.49. The monoisotopic (exact) mass is 297 g/mol. The number of amides is 1. The normalized spacial score (nSPS) is 11.2. The lowest BCUT2D eigenvalue weighted by Crippen LogP contribution is -2.43. The van der Waals surface area contributed by atoms with E-state index in [9.17, 15) is 4.79 Å². The number of pyridine rings is 1. The van der Waals surface area contributed by atoms with Crippen LogP contribution in [0.5, 0.6) is 0 Å². The third-order valence-electron chi connectivity index (χ3n) is 2.94. The van der Waals surface area contributed by atoms with E-state index in [1.54, 1.807) is 12.1 Å². The van der Waals surface area contributed by atoms with Gasteiger partial charge in [-0.3, -0.25) is 4.79 Å². The molecule has 112 valence electrons. The van der Waals surface area contributed by atoms with Gasteiger partial charge in [-0.05, 0) is 38.8 Å². The minimum atomic E-state index is -0.224. The Kier molecular flexibility index (Phi) is 6.27. The molecule has 0 aliphatic heterocycles. The van der Waals surface area contributed by atoms with Gasteiger partial charge in [-0.2, -0.15) is 0 Å². The van der Waals surface area contributed by atoms with Crippen LogP contribution in [0.2, 0.25) is 5.15 Å². The summed E-state index contributed by atoms with van der Waals surface area (Å²) in [4.78, 5) is 16.4. The van der Waals surface area contributed by atoms with Crippen molar-refractivity contribution in [3.8, 4) is 0 Å². The van der Waals surface area contributed by atoms with Gasteiger partial charge in [-0.1, -0.05) is 31.9 Å². The number of aromatic nitrogens is 1. The molecule has 0 saturated carbocycles. The number of nitrogens with one attached hydrogen (secondary N) is 2. The first-order chi connectivity index (χ1) is 9.38. The van der Waals surface area contributed by atoms with Crippen LogP contribution in [-0.4, -0.2) is 23.0 Å². The molecule has 0 aromatic carbocycles. The predicted octanol–water partition coefficient (Wildman–Crippen LogP) is 3.87. The lowest BCUT2D eigenvalue weighted by atomic mass is 9.98. The lowest BCUT2D eigenvalue weighted by Gasteiger charge is -2.25. The number of nitrogens with zero attached hydrogens (tertiary/aromatic N) is 1. The van der Waals surface area contributed by atoms with Crippen LogP contribution in [0.4, 0.5) is 5.82 Å². The Balaban J connectivity index is 2.84. The molecule has 0 unspecified atom stereocenters. The third-order valence-corrected chi connectivity index (χ3v) is 3.13. The zero-order valence-corrected chi connectivity index (χ0v) is 13.5.